The standard InChI is InChI=1S/C14H22N2O2/c1-5-14(4,8-9-17)16-13(18)12-7-6-10(2)15-11(12)3/h6-7,17H,5,8-9H2,1-4H3,(H,16,18). The van der Waals surface area contributed by atoms with Crippen LogP contribution in [0, 0.1) is 13.8 Å². The molecule has 1 rings (SSSR count). The molecule has 1 amide bonds. The molecule has 0 saturated heterocycles. The molecule has 100 valence electrons. The number of rotatable bonds is 5. The van der Waals surface area contributed by atoms with E-state index in [1.54, 1.807) is 6.07 Å². The highest BCUT2D eigenvalue weighted by Gasteiger charge is 2.24. The number of pyridine rings is 1. The average Bonchev–Trinajstić information content (AvgIpc) is 2.28. The molecule has 0 aromatic carbocycles. The Morgan fingerprint density at radius 1 is 1.44 bits per heavy atom. The fourth-order valence-corrected chi connectivity index (χ4v) is 1.84. The zero-order valence-corrected chi connectivity index (χ0v) is 11.6. The van der Waals surface area contributed by atoms with Gasteiger partial charge in [0.05, 0.1) is 11.3 Å². The summed E-state index contributed by atoms with van der Waals surface area (Å²) in [6.07, 6.45) is 1.32. The maximum Gasteiger partial charge on any atom is 0.253 e. The van der Waals surface area contributed by atoms with E-state index in [0.717, 1.165) is 17.8 Å². The maximum absolute atomic E-state index is 12.2. The number of carbonyl (C=O) groups excluding carboxylic acids is 1. The van der Waals surface area contributed by atoms with E-state index in [1.165, 1.54) is 0 Å². The molecule has 18 heavy (non-hydrogen) atoms. The summed E-state index contributed by atoms with van der Waals surface area (Å²) >= 11 is 0. The monoisotopic (exact) mass is 250 g/mol. The van der Waals surface area contributed by atoms with Crippen LogP contribution in [0.5, 0.6) is 0 Å². The third kappa shape index (κ3) is 3.53. The maximum atomic E-state index is 12.2. The third-order valence-corrected chi connectivity index (χ3v) is 3.33. The second-order valence-corrected chi connectivity index (χ2v) is 4.93. The number of amides is 1. The zero-order valence-electron chi connectivity index (χ0n) is 11.6. The lowest BCUT2D eigenvalue weighted by Gasteiger charge is -2.29. The first-order valence-electron chi connectivity index (χ1n) is 6.29. The van der Waals surface area contributed by atoms with Gasteiger partial charge in [0, 0.05) is 17.8 Å². The summed E-state index contributed by atoms with van der Waals surface area (Å²) in [5.41, 5.74) is 1.86. The van der Waals surface area contributed by atoms with Crippen LogP contribution >= 0.6 is 0 Å². The van der Waals surface area contributed by atoms with E-state index in [4.69, 9.17) is 5.11 Å². The Morgan fingerprint density at radius 3 is 2.61 bits per heavy atom. The summed E-state index contributed by atoms with van der Waals surface area (Å²) in [5, 5.41) is 12.0. The van der Waals surface area contributed by atoms with E-state index in [0.29, 0.717) is 12.0 Å². The average molecular weight is 250 g/mol. The Kier molecular flexibility index (Phi) is 4.84. The van der Waals surface area contributed by atoms with Gasteiger partial charge in [-0.25, -0.2) is 0 Å². The van der Waals surface area contributed by atoms with Crippen LogP contribution in [-0.4, -0.2) is 28.1 Å². The second kappa shape index (κ2) is 5.96. The van der Waals surface area contributed by atoms with E-state index >= 15 is 0 Å². The quantitative estimate of drug-likeness (QED) is 0.840. The number of hydrogen-bond donors (Lipinski definition) is 2. The molecule has 4 heteroatoms. The van der Waals surface area contributed by atoms with Crippen LogP contribution in [0.15, 0.2) is 12.1 Å². The van der Waals surface area contributed by atoms with Gasteiger partial charge in [-0.1, -0.05) is 6.92 Å². The molecule has 1 atom stereocenters. The first-order chi connectivity index (χ1) is 8.41. The summed E-state index contributed by atoms with van der Waals surface area (Å²) in [6.45, 7) is 7.73. The zero-order chi connectivity index (χ0) is 13.8. The predicted octanol–water partition coefficient (Wildman–Crippen LogP) is 1.98. The highest BCUT2D eigenvalue weighted by Crippen LogP contribution is 2.16. The number of nitrogens with zero attached hydrogens (tertiary/aromatic N) is 1. The predicted molar refractivity (Wildman–Crippen MR) is 71.6 cm³/mol. The van der Waals surface area contributed by atoms with Crippen molar-refractivity contribution in [3.63, 3.8) is 0 Å². The molecule has 0 aliphatic carbocycles. The topological polar surface area (TPSA) is 62.2 Å². The van der Waals surface area contributed by atoms with Gasteiger partial charge in [-0.15, -0.1) is 0 Å². The van der Waals surface area contributed by atoms with Crippen LogP contribution in [0.2, 0.25) is 0 Å². The van der Waals surface area contributed by atoms with Crippen molar-refractivity contribution in [1.29, 1.82) is 0 Å². The molecule has 1 aromatic rings. The van der Waals surface area contributed by atoms with Crippen molar-refractivity contribution in [2.45, 2.75) is 46.1 Å². The number of carbonyl (C=O) groups is 1. The van der Waals surface area contributed by atoms with Gasteiger partial charge in [-0.05, 0) is 45.7 Å². The van der Waals surface area contributed by atoms with Crippen molar-refractivity contribution in [3.8, 4) is 0 Å². The van der Waals surface area contributed by atoms with E-state index in [-0.39, 0.29) is 18.1 Å². The highest BCUT2D eigenvalue weighted by molar-refractivity contribution is 5.95. The van der Waals surface area contributed by atoms with E-state index < -0.39 is 0 Å². The highest BCUT2D eigenvalue weighted by atomic mass is 16.3. The largest absolute Gasteiger partial charge is 0.396 e. The Morgan fingerprint density at radius 2 is 2.11 bits per heavy atom. The number of aliphatic hydroxyl groups is 1. The van der Waals surface area contributed by atoms with Gasteiger partial charge >= 0.3 is 0 Å². The van der Waals surface area contributed by atoms with Crippen LogP contribution < -0.4 is 5.32 Å². The number of aliphatic hydroxyl groups excluding tert-OH is 1. The number of hydrogen-bond acceptors (Lipinski definition) is 3. The first kappa shape index (κ1) is 14.6. The van der Waals surface area contributed by atoms with Gasteiger partial charge in [0.25, 0.3) is 5.91 Å². The van der Waals surface area contributed by atoms with Crippen LogP contribution in [0.3, 0.4) is 0 Å². The Hall–Kier alpha value is -1.42. The molecule has 2 N–H and O–H groups in total. The molecule has 1 heterocycles. The summed E-state index contributed by atoms with van der Waals surface area (Å²) in [6, 6.07) is 3.62. The lowest BCUT2D eigenvalue weighted by Crippen LogP contribution is -2.46. The Bertz CT molecular complexity index is 432. The number of nitrogens with one attached hydrogen (secondary N) is 1. The van der Waals surface area contributed by atoms with Gasteiger partial charge in [0.1, 0.15) is 0 Å². The fraction of sp³-hybridized carbons (Fsp3) is 0.571. The van der Waals surface area contributed by atoms with Crippen LogP contribution in [0.1, 0.15) is 48.4 Å². The molecule has 0 spiro atoms. The molecule has 0 radical (unpaired) electrons. The van der Waals surface area contributed by atoms with Crippen molar-refractivity contribution in [2.24, 2.45) is 0 Å². The van der Waals surface area contributed by atoms with Crippen molar-refractivity contribution < 1.29 is 9.90 Å². The minimum Gasteiger partial charge on any atom is -0.396 e. The van der Waals surface area contributed by atoms with Crippen LogP contribution in [-0.2, 0) is 0 Å². The summed E-state index contributed by atoms with van der Waals surface area (Å²) in [4.78, 5) is 16.5. The molecule has 4 nitrogen and oxygen atoms in total. The first-order valence-corrected chi connectivity index (χ1v) is 6.29. The minimum atomic E-state index is -0.372. The van der Waals surface area contributed by atoms with E-state index in [9.17, 15) is 4.79 Å². The fourth-order valence-electron chi connectivity index (χ4n) is 1.84. The smallest absolute Gasteiger partial charge is 0.253 e. The summed E-state index contributed by atoms with van der Waals surface area (Å²) in [7, 11) is 0. The lowest BCUT2D eigenvalue weighted by molar-refractivity contribution is 0.0885. The number of aromatic nitrogens is 1. The Balaban J connectivity index is 2.87. The lowest BCUT2D eigenvalue weighted by atomic mass is 9.94. The minimum absolute atomic E-state index is 0.0652. The van der Waals surface area contributed by atoms with Gasteiger partial charge in [-0.2, -0.15) is 0 Å². The molecule has 0 saturated carbocycles. The normalized spacial score (nSPS) is 14.1. The van der Waals surface area contributed by atoms with Crippen molar-refractivity contribution in [1.82, 2.24) is 10.3 Å². The molecule has 1 unspecified atom stereocenters. The van der Waals surface area contributed by atoms with Gasteiger partial charge < -0.3 is 10.4 Å². The molecule has 1 aromatic heterocycles. The van der Waals surface area contributed by atoms with Gasteiger partial charge in [0.15, 0.2) is 0 Å². The molecule has 0 aliphatic heterocycles. The van der Waals surface area contributed by atoms with Crippen LogP contribution in [0.4, 0.5) is 0 Å². The molecule has 0 aliphatic rings. The van der Waals surface area contributed by atoms with Gasteiger partial charge in [0.2, 0.25) is 0 Å². The van der Waals surface area contributed by atoms with E-state index in [2.05, 4.69) is 10.3 Å². The van der Waals surface area contributed by atoms with E-state index in [1.807, 2.05) is 33.8 Å². The summed E-state index contributed by atoms with van der Waals surface area (Å²) in [5.74, 6) is -0.127. The Labute approximate surface area is 108 Å². The van der Waals surface area contributed by atoms with Crippen molar-refractivity contribution >= 4 is 5.91 Å². The molecule has 0 fully saturated rings. The van der Waals surface area contributed by atoms with Crippen LogP contribution in [0.25, 0.3) is 0 Å². The number of aryl methyl sites for hydroxylation is 2. The van der Waals surface area contributed by atoms with Gasteiger partial charge in [-0.3, -0.25) is 9.78 Å². The molecular weight excluding hydrogens is 228 g/mol. The second-order valence-electron chi connectivity index (χ2n) is 4.93. The molecular formula is C14H22N2O2. The molecule has 0 bridgehead atoms. The van der Waals surface area contributed by atoms with Crippen molar-refractivity contribution in [2.75, 3.05) is 6.61 Å². The third-order valence-electron chi connectivity index (χ3n) is 3.33. The SMILES string of the molecule is CCC(C)(CCO)NC(=O)c1ccc(C)nc1C. The van der Waals surface area contributed by atoms with Crippen molar-refractivity contribution in [3.05, 3.63) is 29.1 Å². The summed E-state index contributed by atoms with van der Waals surface area (Å²) < 4.78 is 0.